The van der Waals surface area contributed by atoms with E-state index in [0.29, 0.717) is 10.9 Å². The summed E-state index contributed by atoms with van der Waals surface area (Å²) in [7, 11) is 0.953. The Bertz CT molecular complexity index is 536. The number of hydrogen-bond donors (Lipinski definition) is 3. The van der Waals surface area contributed by atoms with Gasteiger partial charge in [-0.1, -0.05) is 63.3 Å². The predicted octanol–water partition coefficient (Wildman–Crippen LogP) is 6.54. The lowest BCUT2D eigenvalue weighted by Gasteiger charge is -2.35. The van der Waals surface area contributed by atoms with Crippen LogP contribution in [-0.2, 0) is 4.57 Å². The van der Waals surface area contributed by atoms with E-state index < -0.39 is 12.9 Å². The van der Waals surface area contributed by atoms with Crippen LogP contribution >= 0.6 is 7.60 Å². The molecule has 0 rings (SSSR count). The molecule has 0 saturated heterocycles. The molecular formula is C25H51NO4P+. The van der Waals surface area contributed by atoms with Crippen molar-refractivity contribution in [1.29, 1.82) is 0 Å². The maximum Gasteiger partial charge on any atom is 0.362 e. The van der Waals surface area contributed by atoms with Gasteiger partial charge in [-0.15, -0.1) is 0 Å². The average molecular weight is 461 g/mol. The molecule has 0 spiro atoms. The molecular weight excluding hydrogens is 409 g/mol. The van der Waals surface area contributed by atoms with Crippen molar-refractivity contribution in [3.63, 3.8) is 0 Å². The van der Waals surface area contributed by atoms with Crippen LogP contribution in [0.1, 0.15) is 103 Å². The van der Waals surface area contributed by atoms with Crippen molar-refractivity contribution in [3.8, 4) is 0 Å². The normalized spacial score (nSPS) is 15.2. The fourth-order valence-corrected chi connectivity index (χ4v) is 4.84. The van der Waals surface area contributed by atoms with Crippen molar-refractivity contribution in [2.75, 3.05) is 27.7 Å². The lowest BCUT2D eigenvalue weighted by atomic mass is 10.1. The number of unbranched alkanes of at least 4 members (excludes halogenated alkanes) is 11. The lowest BCUT2D eigenvalue weighted by molar-refractivity contribution is -0.875. The number of aliphatic hydroxyl groups is 1. The Morgan fingerprint density at radius 3 is 1.52 bits per heavy atom. The van der Waals surface area contributed by atoms with E-state index in [2.05, 4.69) is 31.2 Å². The largest absolute Gasteiger partial charge is 0.373 e. The highest BCUT2D eigenvalue weighted by Gasteiger charge is 2.48. The minimum atomic E-state index is -4.55. The van der Waals surface area contributed by atoms with Gasteiger partial charge in [0.15, 0.2) is 0 Å². The minimum absolute atomic E-state index is 0.0529. The number of nitrogens with zero attached hydrogens (tertiary/aromatic N) is 1. The zero-order valence-corrected chi connectivity index (χ0v) is 21.7. The first kappa shape index (κ1) is 30.6. The van der Waals surface area contributed by atoms with Crippen LogP contribution in [-0.4, -0.2) is 52.4 Å². The molecule has 6 heteroatoms. The van der Waals surface area contributed by atoms with E-state index in [9.17, 15) is 19.5 Å². The summed E-state index contributed by atoms with van der Waals surface area (Å²) in [5.41, 5.74) is 0. The van der Waals surface area contributed by atoms with Crippen molar-refractivity contribution in [2.45, 2.75) is 109 Å². The molecule has 3 N–H and O–H groups in total. The van der Waals surface area contributed by atoms with E-state index >= 15 is 0 Å². The van der Waals surface area contributed by atoms with E-state index in [0.717, 1.165) is 38.5 Å². The first-order chi connectivity index (χ1) is 14.5. The summed E-state index contributed by atoms with van der Waals surface area (Å²) < 4.78 is 12.1. The summed E-state index contributed by atoms with van der Waals surface area (Å²) >= 11 is 0. The number of likely N-dealkylation sites (N-methyl/N-ethyl adjacent to an activating group) is 1. The van der Waals surface area contributed by atoms with Gasteiger partial charge in [-0.2, -0.15) is 0 Å². The Morgan fingerprint density at radius 1 is 0.710 bits per heavy atom. The first-order valence-corrected chi connectivity index (χ1v) is 14.0. The van der Waals surface area contributed by atoms with Gasteiger partial charge in [0, 0.05) is 0 Å². The topological polar surface area (TPSA) is 77.8 Å². The molecule has 0 saturated carbocycles. The minimum Gasteiger partial charge on any atom is -0.373 e. The molecule has 0 aliphatic heterocycles. The molecule has 0 aliphatic carbocycles. The monoisotopic (exact) mass is 460 g/mol. The highest BCUT2D eigenvalue weighted by atomic mass is 31.2. The quantitative estimate of drug-likeness (QED) is 0.0834. The van der Waals surface area contributed by atoms with Gasteiger partial charge >= 0.3 is 7.60 Å². The third-order valence-electron chi connectivity index (χ3n) is 5.52. The summed E-state index contributed by atoms with van der Waals surface area (Å²) in [5, 5.41) is 8.61. The Hall–Kier alpha value is -0.450. The van der Waals surface area contributed by atoms with Crippen molar-refractivity contribution in [2.24, 2.45) is 0 Å². The van der Waals surface area contributed by atoms with Gasteiger partial charge in [0.1, 0.15) is 6.54 Å². The van der Waals surface area contributed by atoms with E-state index in [1.54, 1.807) is 0 Å². The molecule has 0 fully saturated rings. The van der Waals surface area contributed by atoms with Crippen LogP contribution in [0.3, 0.4) is 0 Å². The van der Waals surface area contributed by atoms with E-state index in [-0.39, 0.29) is 13.0 Å². The molecule has 0 aliphatic rings. The Labute approximate surface area is 192 Å². The maximum atomic E-state index is 11.8. The number of quaternary nitrogens is 1. The van der Waals surface area contributed by atoms with Crippen LogP contribution in [0.2, 0.25) is 0 Å². The summed E-state index contributed by atoms with van der Waals surface area (Å²) in [5.74, 6) is 0. The van der Waals surface area contributed by atoms with Crippen LogP contribution in [0.25, 0.3) is 0 Å². The van der Waals surface area contributed by atoms with Crippen molar-refractivity contribution < 1.29 is 23.9 Å². The Kier molecular flexibility index (Phi) is 16.8. The van der Waals surface area contributed by atoms with Crippen LogP contribution in [0.15, 0.2) is 24.3 Å². The average Bonchev–Trinajstić information content (AvgIpc) is 2.65. The molecule has 5 nitrogen and oxygen atoms in total. The van der Waals surface area contributed by atoms with Crippen LogP contribution < -0.4 is 0 Å². The molecule has 184 valence electrons. The van der Waals surface area contributed by atoms with Crippen LogP contribution in [0.4, 0.5) is 0 Å². The van der Waals surface area contributed by atoms with Crippen molar-refractivity contribution in [3.05, 3.63) is 24.3 Å². The SMILES string of the molecule is CCCCC/C=C\CCCC/C=C\CCCCCCCC(O)(C[N+](C)(C)C)P(=O)(O)O. The summed E-state index contributed by atoms with van der Waals surface area (Å²) in [6.45, 7) is 2.29. The second-order valence-corrected chi connectivity index (χ2v) is 11.9. The first-order valence-electron chi connectivity index (χ1n) is 12.4. The maximum absolute atomic E-state index is 11.8. The molecule has 0 aromatic carbocycles. The molecule has 1 atom stereocenters. The van der Waals surface area contributed by atoms with Crippen molar-refractivity contribution >= 4 is 7.60 Å². The van der Waals surface area contributed by atoms with Crippen molar-refractivity contribution in [1.82, 2.24) is 0 Å². The summed E-state index contributed by atoms with van der Waals surface area (Å²) in [4.78, 5) is 19.2. The summed E-state index contributed by atoms with van der Waals surface area (Å²) in [6.07, 6.45) is 25.4. The van der Waals surface area contributed by atoms with Gasteiger partial charge in [0.25, 0.3) is 0 Å². The molecule has 0 aromatic heterocycles. The predicted molar refractivity (Wildman–Crippen MR) is 133 cm³/mol. The zero-order valence-electron chi connectivity index (χ0n) is 20.8. The van der Waals surface area contributed by atoms with Crippen LogP contribution in [0, 0.1) is 0 Å². The zero-order chi connectivity index (χ0) is 23.6. The van der Waals surface area contributed by atoms with Crippen LogP contribution in [0.5, 0.6) is 0 Å². The van der Waals surface area contributed by atoms with E-state index in [1.165, 1.54) is 44.9 Å². The highest BCUT2D eigenvalue weighted by molar-refractivity contribution is 7.53. The van der Waals surface area contributed by atoms with Gasteiger partial charge in [0.2, 0.25) is 5.34 Å². The second kappa shape index (κ2) is 17.1. The van der Waals surface area contributed by atoms with Gasteiger partial charge < -0.3 is 19.4 Å². The van der Waals surface area contributed by atoms with Gasteiger partial charge in [-0.25, -0.2) is 0 Å². The lowest BCUT2D eigenvalue weighted by Crippen LogP contribution is -2.49. The Morgan fingerprint density at radius 2 is 1.10 bits per heavy atom. The highest BCUT2D eigenvalue weighted by Crippen LogP contribution is 2.52. The van der Waals surface area contributed by atoms with E-state index in [1.807, 2.05) is 21.1 Å². The van der Waals surface area contributed by atoms with Gasteiger partial charge in [-0.05, 0) is 64.2 Å². The fraction of sp³-hybridized carbons (Fsp3) is 0.840. The number of allylic oxidation sites excluding steroid dienone is 4. The molecule has 0 radical (unpaired) electrons. The van der Waals surface area contributed by atoms with Gasteiger partial charge in [0.05, 0.1) is 21.1 Å². The molecule has 0 heterocycles. The fourth-order valence-electron chi connectivity index (χ4n) is 3.79. The number of rotatable bonds is 20. The summed E-state index contributed by atoms with van der Waals surface area (Å²) in [6, 6.07) is 0. The number of hydrogen-bond acceptors (Lipinski definition) is 2. The standard InChI is InChI=1S/C25H50NO4P/c1-5-6-7-8-9-10-11-12-13-14-15-16-17-18-19-20-21-22-23-25(27,31(28,29)30)24-26(2,3)4/h9-10,15-16,27H,5-8,11-14,17-24H2,1-4H3,(H-,28,29,30)/p+1/b10-9-,16-15-. The molecule has 0 bridgehead atoms. The third-order valence-corrected chi connectivity index (χ3v) is 6.97. The Balaban J connectivity index is 3.71. The molecule has 0 aromatic rings. The molecule has 1 unspecified atom stereocenters. The second-order valence-electron chi connectivity index (χ2n) is 10.0. The smallest absolute Gasteiger partial charge is 0.362 e. The molecule has 31 heavy (non-hydrogen) atoms. The molecule has 0 amide bonds. The third kappa shape index (κ3) is 17.7. The van der Waals surface area contributed by atoms with E-state index in [4.69, 9.17) is 0 Å². The van der Waals surface area contributed by atoms with Gasteiger partial charge in [-0.3, -0.25) is 4.57 Å².